The van der Waals surface area contributed by atoms with Gasteiger partial charge in [-0.2, -0.15) is 13.2 Å². The summed E-state index contributed by atoms with van der Waals surface area (Å²) in [4.78, 5) is 6.04. The lowest BCUT2D eigenvalue weighted by Gasteiger charge is -2.33. The third-order valence-corrected chi connectivity index (χ3v) is 4.34. The summed E-state index contributed by atoms with van der Waals surface area (Å²) >= 11 is 5.84. The van der Waals surface area contributed by atoms with Crippen molar-refractivity contribution in [2.45, 2.75) is 33.4 Å². The van der Waals surface area contributed by atoms with E-state index < -0.39 is 11.6 Å². The molecule has 1 atom stereocenters. The van der Waals surface area contributed by atoms with E-state index in [0.29, 0.717) is 17.4 Å². The molecule has 1 aromatic rings. The molecular weight excluding hydrogens is 325 g/mol. The molecule has 0 saturated carbocycles. The molecule has 2 rings (SSSR count). The van der Waals surface area contributed by atoms with Crippen LogP contribution in [-0.4, -0.2) is 24.2 Å². The van der Waals surface area contributed by atoms with E-state index in [-0.39, 0.29) is 18.5 Å². The third kappa shape index (κ3) is 3.55. The highest BCUT2D eigenvalue weighted by atomic mass is 35.5. The predicted octanol–water partition coefficient (Wildman–Crippen LogP) is 5.24. The standard InChI is InChI=1S/C17H20ClF3N2/c1-4-14(10-12(2)18)16(17(19,20)21)8-9-23(11-16)15-7-5-6-13(3)22-15/h4-7,10H,8-9,11H2,1-3H3. The van der Waals surface area contributed by atoms with Crippen LogP contribution < -0.4 is 4.90 Å². The van der Waals surface area contributed by atoms with Gasteiger partial charge >= 0.3 is 6.18 Å². The summed E-state index contributed by atoms with van der Waals surface area (Å²) in [6.45, 7) is 5.19. The molecule has 23 heavy (non-hydrogen) atoms. The number of aryl methyl sites for hydroxylation is 1. The Morgan fingerprint density at radius 3 is 2.61 bits per heavy atom. The summed E-state index contributed by atoms with van der Waals surface area (Å²) < 4.78 is 41.7. The number of nitrogens with zero attached hydrogens (tertiary/aromatic N) is 2. The fraction of sp³-hybridized carbons (Fsp3) is 0.471. The van der Waals surface area contributed by atoms with E-state index in [1.54, 1.807) is 24.8 Å². The lowest BCUT2D eigenvalue weighted by atomic mass is 9.78. The molecule has 1 aliphatic heterocycles. The molecule has 1 unspecified atom stereocenters. The van der Waals surface area contributed by atoms with Crippen molar-refractivity contribution in [1.29, 1.82) is 0 Å². The molecule has 0 aliphatic carbocycles. The topological polar surface area (TPSA) is 16.1 Å². The van der Waals surface area contributed by atoms with Gasteiger partial charge in [0.2, 0.25) is 0 Å². The Kier molecular flexibility index (Phi) is 5.09. The average Bonchev–Trinajstić information content (AvgIpc) is 2.90. The van der Waals surface area contributed by atoms with Crippen LogP contribution in [0, 0.1) is 12.3 Å². The number of halogens is 4. The van der Waals surface area contributed by atoms with Gasteiger partial charge in [-0.1, -0.05) is 23.7 Å². The maximum Gasteiger partial charge on any atom is 0.400 e. The molecule has 0 radical (unpaired) electrons. The minimum absolute atomic E-state index is 0.00748. The third-order valence-electron chi connectivity index (χ3n) is 4.23. The number of alkyl halides is 3. The Bertz CT molecular complexity index is 633. The second kappa shape index (κ2) is 6.56. The molecule has 0 N–H and O–H groups in total. The minimum Gasteiger partial charge on any atom is -0.355 e. The second-order valence-corrected chi connectivity index (χ2v) is 6.46. The van der Waals surface area contributed by atoms with Crippen LogP contribution in [0.3, 0.4) is 0 Å². The largest absolute Gasteiger partial charge is 0.400 e. The summed E-state index contributed by atoms with van der Waals surface area (Å²) in [6, 6.07) is 5.38. The van der Waals surface area contributed by atoms with Crippen LogP contribution in [0.25, 0.3) is 0 Å². The number of hydrogen-bond donors (Lipinski definition) is 0. The van der Waals surface area contributed by atoms with E-state index in [1.165, 1.54) is 12.2 Å². The van der Waals surface area contributed by atoms with Gasteiger partial charge in [-0.05, 0) is 51.0 Å². The molecule has 0 amide bonds. The monoisotopic (exact) mass is 344 g/mol. The van der Waals surface area contributed by atoms with Crippen molar-refractivity contribution in [1.82, 2.24) is 4.98 Å². The summed E-state index contributed by atoms with van der Waals surface area (Å²) in [5.41, 5.74) is -0.911. The molecule has 2 heterocycles. The van der Waals surface area contributed by atoms with Crippen molar-refractivity contribution in [3.05, 3.63) is 46.7 Å². The zero-order valence-corrected chi connectivity index (χ0v) is 14.2. The quantitative estimate of drug-likeness (QED) is 0.697. The highest BCUT2D eigenvalue weighted by Crippen LogP contribution is 2.51. The minimum atomic E-state index is -4.35. The first-order chi connectivity index (χ1) is 10.7. The van der Waals surface area contributed by atoms with E-state index in [0.717, 1.165) is 5.69 Å². The second-order valence-electron chi connectivity index (χ2n) is 5.86. The average molecular weight is 345 g/mol. The van der Waals surface area contributed by atoms with Crippen LogP contribution in [0.2, 0.25) is 0 Å². The summed E-state index contributed by atoms with van der Waals surface area (Å²) in [7, 11) is 0. The number of hydrogen-bond acceptors (Lipinski definition) is 2. The maximum atomic E-state index is 13.9. The number of rotatable bonds is 3. The summed E-state index contributed by atoms with van der Waals surface area (Å²) in [6.07, 6.45) is -1.43. The molecule has 2 nitrogen and oxygen atoms in total. The van der Waals surface area contributed by atoms with E-state index in [9.17, 15) is 13.2 Å². The lowest BCUT2D eigenvalue weighted by molar-refractivity contribution is -0.201. The zero-order valence-electron chi connectivity index (χ0n) is 13.4. The highest BCUT2D eigenvalue weighted by Gasteiger charge is 2.59. The van der Waals surface area contributed by atoms with Crippen molar-refractivity contribution in [2.75, 3.05) is 18.0 Å². The molecule has 0 aromatic carbocycles. The Hall–Kier alpha value is -1.49. The van der Waals surface area contributed by atoms with Crippen LogP contribution in [0.1, 0.15) is 26.0 Å². The van der Waals surface area contributed by atoms with E-state index in [4.69, 9.17) is 11.6 Å². The molecule has 1 fully saturated rings. The van der Waals surface area contributed by atoms with Gasteiger partial charge < -0.3 is 4.90 Å². The molecule has 1 aromatic heterocycles. The van der Waals surface area contributed by atoms with Crippen LogP contribution >= 0.6 is 11.6 Å². The summed E-state index contributed by atoms with van der Waals surface area (Å²) in [5.74, 6) is 0.582. The van der Waals surface area contributed by atoms with Crippen molar-refractivity contribution < 1.29 is 13.2 Å². The van der Waals surface area contributed by atoms with Crippen molar-refractivity contribution in [3.8, 4) is 0 Å². The van der Waals surface area contributed by atoms with Crippen molar-refractivity contribution >= 4 is 17.4 Å². The SMILES string of the molecule is CC=C(C=C(C)Cl)C1(C(F)(F)F)CCN(c2cccc(C)n2)C1. The summed E-state index contributed by atoms with van der Waals surface area (Å²) in [5, 5.41) is 0.342. The van der Waals surface area contributed by atoms with Crippen LogP contribution in [-0.2, 0) is 0 Å². The Labute approximate surface area is 139 Å². The molecule has 126 valence electrons. The van der Waals surface area contributed by atoms with E-state index in [1.807, 2.05) is 19.1 Å². The van der Waals surface area contributed by atoms with Crippen LogP contribution in [0.15, 0.2) is 41.0 Å². The Balaban J connectivity index is 2.42. The van der Waals surface area contributed by atoms with E-state index in [2.05, 4.69) is 4.98 Å². The molecular formula is C17H20ClF3N2. The first kappa shape index (κ1) is 17.9. The Morgan fingerprint density at radius 1 is 1.39 bits per heavy atom. The molecule has 0 bridgehead atoms. The van der Waals surface area contributed by atoms with Crippen molar-refractivity contribution in [2.24, 2.45) is 5.41 Å². The first-order valence-electron chi connectivity index (χ1n) is 7.45. The molecule has 1 saturated heterocycles. The van der Waals surface area contributed by atoms with Gasteiger partial charge in [0, 0.05) is 23.8 Å². The molecule has 0 spiro atoms. The van der Waals surface area contributed by atoms with Crippen LogP contribution in [0.5, 0.6) is 0 Å². The van der Waals surface area contributed by atoms with Gasteiger partial charge in [0.25, 0.3) is 0 Å². The predicted molar refractivity (Wildman–Crippen MR) is 87.7 cm³/mol. The molecule has 6 heteroatoms. The number of aromatic nitrogens is 1. The van der Waals surface area contributed by atoms with Gasteiger partial charge in [-0.15, -0.1) is 0 Å². The Morgan fingerprint density at radius 2 is 2.09 bits per heavy atom. The van der Waals surface area contributed by atoms with Crippen molar-refractivity contribution in [3.63, 3.8) is 0 Å². The normalized spacial score (nSPS) is 23.5. The van der Waals surface area contributed by atoms with Crippen LogP contribution in [0.4, 0.5) is 19.0 Å². The van der Waals surface area contributed by atoms with Gasteiger partial charge in [0.05, 0.1) is 0 Å². The van der Waals surface area contributed by atoms with Gasteiger partial charge in [0.1, 0.15) is 11.2 Å². The zero-order chi connectivity index (χ0) is 17.3. The number of allylic oxidation sites excluding steroid dienone is 3. The maximum absolute atomic E-state index is 13.9. The first-order valence-corrected chi connectivity index (χ1v) is 7.83. The highest BCUT2D eigenvalue weighted by molar-refractivity contribution is 6.29. The fourth-order valence-electron chi connectivity index (χ4n) is 3.05. The van der Waals surface area contributed by atoms with Gasteiger partial charge in [-0.25, -0.2) is 4.98 Å². The lowest BCUT2D eigenvalue weighted by Crippen LogP contribution is -2.42. The van der Waals surface area contributed by atoms with Gasteiger partial charge in [-0.3, -0.25) is 0 Å². The van der Waals surface area contributed by atoms with Gasteiger partial charge in [0.15, 0.2) is 0 Å². The number of anilines is 1. The number of pyridine rings is 1. The smallest absolute Gasteiger partial charge is 0.355 e. The molecule has 1 aliphatic rings. The van der Waals surface area contributed by atoms with E-state index >= 15 is 0 Å². The fourth-order valence-corrected chi connectivity index (χ4v) is 3.17.